The zero-order chi connectivity index (χ0) is 20.3. The van der Waals surface area contributed by atoms with Gasteiger partial charge in [-0.3, -0.25) is 9.69 Å². The van der Waals surface area contributed by atoms with Gasteiger partial charge in [0.25, 0.3) is 0 Å². The molecule has 2 aliphatic heterocycles. The maximum Gasteiger partial charge on any atom is 0.410 e. The third kappa shape index (κ3) is 4.94. The first-order valence-corrected chi connectivity index (χ1v) is 9.46. The van der Waals surface area contributed by atoms with Crippen molar-refractivity contribution in [3.63, 3.8) is 0 Å². The van der Waals surface area contributed by atoms with E-state index in [0.717, 1.165) is 5.56 Å². The number of hydrogen-bond donors (Lipinski definition) is 0. The van der Waals surface area contributed by atoms with Crippen molar-refractivity contribution >= 4 is 18.1 Å². The predicted molar refractivity (Wildman–Crippen MR) is 102 cm³/mol. The van der Waals surface area contributed by atoms with Crippen LogP contribution in [-0.2, 0) is 20.9 Å². The van der Waals surface area contributed by atoms with Gasteiger partial charge in [0.05, 0.1) is 6.04 Å². The molecule has 2 saturated heterocycles. The van der Waals surface area contributed by atoms with E-state index in [9.17, 15) is 14.4 Å². The molecular weight excluding hydrogens is 362 g/mol. The van der Waals surface area contributed by atoms with E-state index in [1.807, 2.05) is 30.3 Å². The van der Waals surface area contributed by atoms with Crippen LogP contribution in [0.3, 0.4) is 0 Å². The van der Waals surface area contributed by atoms with Crippen molar-refractivity contribution < 1.29 is 23.9 Å². The Hall–Kier alpha value is -2.77. The third-order valence-electron chi connectivity index (χ3n) is 4.68. The summed E-state index contributed by atoms with van der Waals surface area (Å²) >= 11 is 0. The average molecular weight is 389 g/mol. The Morgan fingerprint density at radius 1 is 1.04 bits per heavy atom. The summed E-state index contributed by atoms with van der Waals surface area (Å²) in [6, 6.07) is 9.46. The summed E-state index contributed by atoms with van der Waals surface area (Å²) in [5.74, 6) is -0.126. The van der Waals surface area contributed by atoms with Gasteiger partial charge in [-0.15, -0.1) is 0 Å². The Bertz CT molecular complexity index is 725. The second-order valence-electron chi connectivity index (χ2n) is 8.09. The normalized spacial score (nSPS) is 18.0. The summed E-state index contributed by atoms with van der Waals surface area (Å²) in [5.41, 5.74) is 0.340. The molecular formula is C20H27N3O5. The number of benzene rings is 1. The number of ether oxygens (including phenoxy) is 2. The molecule has 1 aromatic carbocycles. The summed E-state index contributed by atoms with van der Waals surface area (Å²) in [6.45, 7) is 7.38. The minimum Gasteiger partial charge on any atom is -0.445 e. The van der Waals surface area contributed by atoms with Crippen LogP contribution in [0.15, 0.2) is 30.3 Å². The van der Waals surface area contributed by atoms with Crippen LogP contribution in [0.1, 0.15) is 26.3 Å². The van der Waals surface area contributed by atoms with E-state index < -0.39 is 11.7 Å². The second kappa shape index (κ2) is 8.08. The van der Waals surface area contributed by atoms with E-state index in [2.05, 4.69) is 0 Å². The van der Waals surface area contributed by atoms with Crippen LogP contribution >= 0.6 is 0 Å². The number of rotatable bonds is 3. The van der Waals surface area contributed by atoms with Gasteiger partial charge in [0.2, 0.25) is 5.91 Å². The van der Waals surface area contributed by atoms with Gasteiger partial charge in [-0.2, -0.15) is 0 Å². The number of piperazine rings is 1. The lowest BCUT2D eigenvalue weighted by Gasteiger charge is -2.47. The molecule has 0 radical (unpaired) electrons. The van der Waals surface area contributed by atoms with Crippen LogP contribution in [0.4, 0.5) is 9.59 Å². The number of carbonyl (C=O) groups excluding carboxylic acids is 3. The van der Waals surface area contributed by atoms with Gasteiger partial charge in [-0.1, -0.05) is 30.3 Å². The lowest BCUT2D eigenvalue weighted by Crippen LogP contribution is -2.66. The molecule has 8 nitrogen and oxygen atoms in total. The summed E-state index contributed by atoms with van der Waals surface area (Å²) in [5, 5.41) is 0. The lowest BCUT2D eigenvalue weighted by atomic mass is 10.1. The van der Waals surface area contributed by atoms with Crippen molar-refractivity contribution in [2.24, 2.45) is 0 Å². The molecule has 0 spiro atoms. The van der Waals surface area contributed by atoms with Gasteiger partial charge < -0.3 is 19.3 Å². The minimum absolute atomic E-state index is 0.00384. The number of carbonyl (C=O) groups is 3. The van der Waals surface area contributed by atoms with Crippen LogP contribution in [0.25, 0.3) is 0 Å². The van der Waals surface area contributed by atoms with Crippen molar-refractivity contribution in [1.82, 2.24) is 14.7 Å². The van der Waals surface area contributed by atoms with E-state index in [1.165, 1.54) is 4.90 Å². The highest BCUT2D eigenvalue weighted by Gasteiger charge is 2.40. The molecule has 8 heteroatoms. The van der Waals surface area contributed by atoms with E-state index in [0.29, 0.717) is 26.2 Å². The number of nitrogens with zero attached hydrogens (tertiary/aromatic N) is 3. The smallest absolute Gasteiger partial charge is 0.410 e. The zero-order valence-corrected chi connectivity index (χ0v) is 16.6. The third-order valence-corrected chi connectivity index (χ3v) is 4.68. The van der Waals surface area contributed by atoms with Crippen molar-refractivity contribution in [3.05, 3.63) is 35.9 Å². The van der Waals surface area contributed by atoms with Crippen molar-refractivity contribution in [2.45, 2.75) is 39.0 Å². The van der Waals surface area contributed by atoms with E-state index in [1.54, 1.807) is 30.6 Å². The number of amides is 3. The summed E-state index contributed by atoms with van der Waals surface area (Å²) in [6.07, 6.45) is -0.847. The number of hydrogen-bond acceptors (Lipinski definition) is 5. The lowest BCUT2D eigenvalue weighted by molar-refractivity contribution is -0.142. The SMILES string of the molecule is CC(C)(C)OC(=O)N1CCN(C2CN(C(=O)OCc3ccccc3)C2)C(=O)C1. The molecule has 2 heterocycles. The molecule has 0 saturated carbocycles. The van der Waals surface area contributed by atoms with E-state index in [-0.39, 0.29) is 31.2 Å². The van der Waals surface area contributed by atoms with Crippen molar-refractivity contribution in [3.8, 4) is 0 Å². The van der Waals surface area contributed by atoms with E-state index in [4.69, 9.17) is 9.47 Å². The summed E-state index contributed by atoms with van der Waals surface area (Å²) in [4.78, 5) is 41.4. The van der Waals surface area contributed by atoms with Gasteiger partial charge in [-0.05, 0) is 26.3 Å². The standard InChI is InChI=1S/C20H27N3O5/c1-20(2,3)28-19(26)21-9-10-23(17(24)13-21)16-11-22(12-16)18(25)27-14-15-7-5-4-6-8-15/h4-8,16H,9-14H2,1-3H3. The zero-order valence-electron chi connectivity index (χ0n) is 16.6. The molecule has 0 unspecified atom stereocenters. The van der Waals surface area contributed by atoms with Crippen molar-refractivity contribution in [2.75, 3.05) is 32.7 Å². The molecule has 2 aliphatic rings. The molecule has 3 amide bonds. The van der Waals surface area contributed by atoms with E-state index >= 15 is 0 Å². The Labute approximate surface area is 165 Å². The number of likely N-dealkylation sites (tertiary alicyclic amines) is 1. The fourth-order valence-corrected chi connectivity index (χ4v) is 3.17. The van der Waals surface area contributed by atoms with Crippen LogP contribution < -0.4 is 0 Å². The van der Waals surface area contributed by atoms with Crippen LogP contribution in [-0.4, -0.2) is 77.2 Å². The highest BCUT2D eigenvalue weighted by molar-refractivity contribution is 5.84. The quantitative estimate of drug-likeness (QED) is 0.791. The molecule has 0 bridgehead atoms. The Balaban J connectivity index is 1.42. The summed E-state index contributed by atoms with van der Waals surface area (Å²) in [7, 11) is 0. The average Bonchev–Trinajstić information content (AvgIpc) is 2.59. The molecule has 0 N–H and O–H groups in total. The van der Waals surface area contributed by atoms with Gasteiger partial charge in [0.15, 0.2) is 0 Å². The molecule has 28 heavy (non-hydrogen) atoms. The highest BCUT2D eigenvalue weighted by Crippen LogP contribution is 2.20. The van der Waals surface area contributed by atoms with Gasteiger partial charge >= 0.3 is 12.2 Å². The molecule has 0 aliphatic carbocycles. The maximum absolute atomic E-state index is 12.4. The molecule has 2 fully saturated rings. The fourth-order valence-electron chi connectivity index (χ4n) is 3.17. The largest absolute Gasteiger partial charge is 0.445 e. The maximum atomic E-state index is 12.4. The van der Waals surface area contributed by atoms with Gasteiger partial charge in [-0.25, -0.2) is 9.59 Å². The first kappa shape index (κ1) is 20.0. The van der Waals surface area contributed by atoms with Crippen molar-refractivity contribution in [1.29, 1.82) is 0 Å². The molecule has 1 aromatic rings. The van der Waals surface area contributed by atoms with Gasteiger partial charge in [0.1, 0.15) is 18.8 Å². The van der Waals surface area contributed by atoms with Crippen LogP contribution in [0.2, 0.25) is 0 Å². The first-order valence-electron chi connectivity index (χ1n) is 9.46. The topological polar surface area (TPSA) is 79.4 Å². The monoisotopic (exact) mass is 389 g/mol. The van der Waals surface area contributed by atoms with Crippen LogP contribution in [0.5, 0.6) is 0 Å². The Kier molecular flexibility index (Phi) is 5.76. The Morgan fingerprint density at radius 3 is 2.32 bits per heavy atom. The molecule has 152 valence electrons. The molecule has 0 atom stereocenters. The molecule has 0 aromatic heterocycles. The Morgan fingerprint density at radius 2 is 1.71 bits per heavy atom. The van der Waals surface area contributed by atoms with Crippen LogP contribution in [0, 0.1) is 0 Å². The molecule has 3 rings (SSSR count). The summed E-state index contributed by atoms with van der Waals surface area (Å²) < 4.78 is 10.6. The minimum atomic E-state index is -0.591. The highest BCUT2D eigenvalue weighted by atomic mass is 16.6. The first-order chi connectivity index (χ1) is 13.2. The van der Waals surface area contributed by atoms with Gasteiger partial charge in [0, 0.05) is 26.2 Å². The fraction of sp³-hybridized carbons (Fsp3) is 0.550. The second-order valence-corrected chi connectivity index (χ2v) is 8.09. The predicted octanol–water partition coefficient (Wildman–Crippen LogP) is 2.09.